The molecule has 0 N–H and O–H groups in total. The summed E-state index contributed by atoms with van der Waals surface area (Å²) < 4.78 is 0. The summed E-state index contributed by atoms with van der Waals surface area (Å²) >= 11 is 5.91. The van der Waals surface area contributed by atoms with Crippen molar-refractivity contribution < 1.29 is 4.84 Å². The normalized spacial score (nSPS) is 23.4. The van der Waals surface area contributed by atoms with Gasteiger partial charge in [0.05, 0.1) is 11.6 Å². The molecule has 0 aliphatic carbocycles. The highest BCUT2D eigenvalue weighted by Gasteiger charge is 2.33. The fraction of sp³-hybridized carbons (Fsp3) is 0.462. The maximum absolute atomic E-state index is 5.91. The lowest BCUT2D eigenvalue weighted by Crippen LogP contribution is -2.34. The molecule has 0 radical (unpaired) electrons. The van der Waals surface area contributed by atoms with Crippen LogP contribution in [0.4, 0.5) is 0 Å². The smallest absolute Gasteiger partial charge is 0.133 e. The maximum Gasteiger partial charge on any atom is 0.133 e. The van der Waals surface area contributed by atoms with Gasteiger partial charge in [0, 0.05) is 12.3 Å². The van der Waals surface area contributed by atoms with Gasteiger partial charge in [-0.15, -0.1) is 11.6 Å². The van der Waals surface area contributed by atoms with Gasteiger partial charge in [-0.1, -0.05) is 35.5 Å². The zero-order valence-corrected chi connectivity index (χ0v) is 10.4. The van der Waals surface area contributed by atoms with Gasteiger partial charge in [-0.3, -0.25) is 0 Å². The Kier molecular flexibility index (Phi) is 3.20. The third kappa shape index (κ3) is 2.38. The number of benzene rings is 1. The molecular formula is C13H16ClNO. The molecule has 0 spiro atoms. The van der Waals surface area contributed by atoms with Gasteiger partial charge in [-0.25, -0.2) is 0 Å². The summed E-state index contributed by atoms with van der Waals surface area (Å²) in [6.07, 6.45) is 0.919. The highest BCUT2D eigenvalue weighted by molar-refractivity contribution is 6.29. The summed E-state index contributed by atoms with van der Waals surface area (Å²) in [4.78, 5) is 5.42. The minimum absolute atomic E-state index is 0.212. The number of nitrogens with zero attached hydrogens (tertiary/aromatic N) is 1. The largest absolute Gasteiger partial charge is 0.390 e. The number of alkyl halides is 1. The van der Waals surface area contributed by atoms with Gasteiger partial charge in [0.25, 0.3) is 0 Å². The molecule has 0 saturated carbocycles. The van der Waals surface area contributed by atoms with E-state index in [0.29, 0.717) is 5.88 Å². The number of hydrogen-bond donors (Lipinski definition) is 0. The van der Waals surface area contributed by atoms with Crippen LogP contribution in [-0.2, 0) is 4.84 Å². The molecular weight excluding hydrogens is 222 g/mol. The van der Waals surface area contributed by atoms with E-state index in [1.54, 1.807) is 0 Å². The van der Waals surface area contributed by atoms with Crippen molar-refractivity contribution in [2.24, 2.45) is 5.16 Å². The molecule has 2 rings (SSSR count). The minimum atomic E-state index is -0.212. The summed E-state index contributed by atoms with van der Waals surface area (Å²) in [5, 5.41) is 4.14. The third-order valence-corrected chi connectivity index (χ3v) is 3.12. The molecule has 1 unspecified atom stereocenters. The van der Waals surface area contributed by atoms with E-state index in [2.05, 4.69) is 31.1 Å². The van der Waals surface area contributed by atoms with Crippen molar-refractivity contribution in [3.63, 3.8) is 0 Å². The molecule has 2 nitrogen and oxygen atoms in total. The van der Waals surface area contributed by atoms with E-state index in [1.807, 2.05) is 18.2 Å². The van der Waals surface area contributed by atoms with E-state index in [4.69, 9.17) is 16.4 Å². The molecule has 0 amide bonds. The molecule has 1 aromatic rings. The molecule has 0 fully saturated rings. The second kappa shape index (κ2) is 4.46. The average Bonchev–Trinajstić information content (AvgIpc) is 2.29. The monoisotopic (exact) mass is 237 g/mol. The van der Waals surface area contributed by atoms with Crippen LogP contribution in [0.1, 0.15) is 31.7 Å². The Hall–Kier alpha value is -1.02. The number of hydrogen-bond acceptors (Lipinski definition) is 2. The van der Waals surface area contributed by atoms with Crippen molar-refractivity contribution in [1.82, 2.24) is 0 Å². The zero-order chi connectivity index (χ0) is 11.6. The quantitative estimate of drug-likeness (QED) is 0.721. The van der Waals surface area contributed by atoms with E-state index in [-0.39, 0.29) is 11.5 Å². The lowest BCUT2D eigenvalue weighted by molar-refractivity contribution is -0.0328. The number of halogens is 1. The first-order valence-electron chi connectivity index (χ1n) is 5.48. The Morgan fingerprint density at radius 3 is 2.69 bits per heavy atom. The molecule has 1 aliphatic rings. The van der Waals surface area contributed by atoms with Crippen LogP contribution in [0.15, 0.2) is 35.5 Å². The van der Waals surface area contributed by atoms with E-state index in [9.17, 15) is 0 Å². The van der Waals surface area contributed by atoms with Crippen molar-refractivity contribution in [1.29, 1.82) is 0 Å². The van der Waals surface area contributed by atoms with Gasteiger partial charge < -0.3 is 4.84 Å². The molecule has 0 aromatic heterocycles. The van der Waals surface area contributed by atoms with E-state index in [0.717, 1.165) is 12.1 Å². The Bertz CT molecular complexity index is 386. The van der Waals surface area contributed by atoms with Crippen LogP contribution in [0.2, 0.25) is 0 Å². The minimum Gasteiger partial charge on any atom is -0.390 e. The van der Waals surface area contributed by atoms with Gasteiger partial charge >= 0.3 is 0 Å². The predicted octanol–water partition coefficient (Wildman–Crippen LogP) is 3.56. The predicted molar refractivity (Wildman–Crippen MR) is 67.1 cm³/mol. The first kappa shape index (κ1) is 11.5. The molecule has 1 aromatic carbocycles. The van der Waals surface area contributed by atoms with Gasteiger partial charge in [-0.05, 0) is 19.4 Å². The third-order valence-electron chi connectivity index (χ3n) is 2.85. The lowest BCUT2D eigenvalue weighted by Gasteiger charge is -2.33. The van der Waals surface area contributed by atoms with Crippen molar-refractivity contribution in [3.05, 3.63) is 35.9 Å². The first-order valence-corrected chi connectivity index (χ1v) is 6.02. The van der Waals surface area contributed by atoms with Crippen LogP contribution in [-0.4, -0.2) is 17.2 Å². The molecule has 1 aliphatic heterocycles. The lowest BCUT2D eigenvalue weighted by atomic mass is 9.84. The second-order valence-electron chi connectivity index (χ2n) is 4.73. The van der Waals surface area contributed by atoms with Crippen LogP contribution in [0.5, 0.6) is 0 Å². The highest BCUT2D eigenvalue weighted by atomic mass is 35.5. The van der Waals surface area contributed by atoms with Crippen molar-refractivity contribution >= 4 is 17.3 Å². The molecule has 3 heteroatoms. The molecule has 1 atom stereocenters. The topological polar surface area (TPSA) is 21.6 Å². The van der Waals surface area contributed by atoms with E-state index < -0.39 is 0 Å². The fourth-order valence-corrected chi connectivity index (χ4v) is 2.24. The first-order chi connectivity index (χ1) is 7.62. The van der Waals surface area contributed by atoms with E-state index in [1.165, 1.54) is 5.56 Å². The van der Waals surface area contributed by atoms with Crippen LogP contribution < -0.4 is 0 Å². The molecule has 0 bridgehead atoms. The van der Waals surface area contributed by atoms with Crippen molar-refractivity contribution in [3.8, 4) is 0 Å². The number of oxime groups is 1. The van der Waals surface area contributed by atoms with Crippen molar-refractivity contribution in [2.45, 2.75) is 31.8 Å². The Morgan fingerprint density at radius 1 is 1.38 bits per heavy atom. The van der Waals surface area contributed by atoms with Crippen LogP contribution in [0.3, 0.4) is 0 Å². The molecule has 16 heavy (non-hydrogen) atoms. The summed E-state index contributed by atoms with van der Waals surface area (Å²) in [5.41, 5.74) is 1.97. The van der Waals surface area contributed by atoms with Crippen LogP contribution in [0, 0.1) is 0 Å². The zero-order valence-electron chi connectivity index (χ0n) is 9.61. The van der Waals surface area contributed by atoms with Gasteiger partial charge in [-0.2, -0.15) is 0 Å². The number of rotatable bonds is 2. The Labute approximate surface area is 101 Å². The summed E-state index contributed by atoms with van der Waals surface area (Å²) in [6.45, 7) is 4.11. The van der Waals surface area contributed by atoms with E-state index >= 15 is 0 Å². The average molecular weight is 238 g/mol. The summed E-state index contributed by atoms with van der Waals surface area (Å²) in [6, 6.07) is 10.3. The molecule has 0 saturated heterocycles. The second-order valence-corrected chi connectivity index (χ2v) is 5.00. The highest BCUT2D eigenvalue weighted by Crippen LogP contribution is 2.34. The summed E-state index contributed by atoms with van der Waals surface area (Å²) in [7, 11) is 0. The fourth-order valence-electron chi connectivity index (χ4n) is 2.01. The standard InChI is InChI=1S/C13H16ClNO/c1-13(2)8-11(12(9-14)15-16-13)10-6-4-3-5-7-10/h3-7,11H,8-9H2,1-2H3. The Morgan fingerprint density at radius 2 is 2.06 bits per heavy atom. The maximum atomic E-state index is 5.91. The van der Waals surface area contributed by atoms with Gasteiger partial charge in [0.1, 0.15) is 5.60 Å². The van der Waals surface area contributed by atoms with Crippen LogP contribution in [0.25, 0.3) is 0 Å². The SMILES string of the molecule is CC1(C)CC(c2ccccc2)C(CCl)=NO1. The van der Waals surface area contributed by atoms with Gasteiger partial charge in [0.15, 0.2) is 0 Å². The van der Waals surface area contributed by atoms with Gasteiger partial charge in [0.2, 0.25) is 0 Å². The summed E-state index contributed by atoms with van der Waals surface area (Å²) in [5.74, 6) is 0.706. The van der Waals surface area contributed by atoms with Crippen molar-refractivity contribution in [2.75, 3.05) is 5.88 Å². The van der Waals surface area contributed by atoms with Crippen LogP contribution >= 0.6 is 11.6 Å². The molecule has 1 heterocycles. The Balaban J connectivity index is 2.31. The molecule has 86 valence electrons.